The maximum Gasteiger partial charge on any atom is 0.178 e. The van der Waals surface area contributed by atoms with Crippen molar-refractivity contribution in [2.75, 3.05) is 0 Å². The molecule has 0 aromatic heterocycles. The molecule has 1 aromatic rings. The lowest BCUT2D eigenvalue weighted by Gasteiger charge is -2.14. The van der Waals surface area contributed by atoms with Crippen molar-refractivity contribution < 1.29 is 19.2 Å². The molecule has 0 saturated heterocycles. The lowest BCUT2D eigenvalue weighted by molar-refractivity contribution is -0.125. The molecule has 1 aromatic carbocycles. The molecular weight excluding hydrogens is 244 g/mol. The summed E-state index contributed by atoms with van der Waals surface area (Å²) in [4.78, 5) is 47.5. The maximum atomic E-state index is 12.2. The second-order valence-electron chi connectivity index (χ2n) is 4.71. The molecule has 0 atom stereocenters. The van der Waals surface area contributed by atoms with Gasteiger partial charge in [0.1, 0.15) is 11.7 Å². The maximum absolute atomic E-state index is 12.2. The number of ketones is 4. The van der Waals surface area contributed by atoms with Crippen LogP contribution >= 0.6 is 0 Å². The number of allylic oxidation sites excluding steroid dienone is 2. The minimum absolute atomic E-state index is 0.120. The average Bonchev–Trinajstić information content (AvgIpc) is 2.64. The summed E-state index contributed by atoms with van der Waals surface area (Å²) in [5.41, 5.74) is 0.914. The lowest BCUT2D eigenvalue weighted by Crippen LogP contribution is -2.27. The quantitative estimate of drug-likeness (QED) is 0.713. The number of hydrogen-bond donors (Lipinski definition) is 0. The lowest BCUT2D eigenvalue weighted by atomic mass is 9.85. The van der Waals surface area contributed by atoms with Crippen LogP contribution in [0.5, 0.6) is 0 Å². The monoisotopic (exact) mass is 254 g/mol. The van der Waals surface area contributed by atoms with Gasteiger partial charge in [-0.05, 0) is 0 Å². The molecular formula is C15H10O4. The van der Waals surface area contributed by atoms with E-state index in [1.54, 1.807) is 24.3 Å². The van der Waals surface area contributed by atoms with Crippen molar-refractivity contribution in [3.63, 3.8) is 0 Å². The standard InChI is InChI=1S/C15H10O4/c16-8-5-6-11(12(17)7-8)13-14(18)9-3-1-2-4-10(9)15(13)19/h1-4,6,13H,5,7H2. The Hall–Kier alpha value is -2.36. The van der Waals surface area contributed by atoms with Crippen molar-refractivity contribution in [3.8, 4) is 0 Å². The first-order valence-electron chi connectivity index (χ1n) is 6.02. The van der Waals surface area contributed by atoms with Crippen molar-refractivity contribution in [1.82, 2.24) is 0 Å². The Labute approximate surface area is 109 Å². The second kappa shape index (κ2) is 4.09. The summed E-state index contributed by atoms with van der Waals surface area (Å²) in [6.07, 6.45) is 1.34. The van der Waals surface area contributed by atoms with Gasteiger partial charge < -0.3 is 0 Å². The van der Waals surface area contributed by atoms with Crippen LogP contribution in [0.3, 0.4) is 0 Å². The van der Waals surface area contributed by atoms with Gasteiger partial charge in [0.05, 0.1) is 6.42 Å². The van der Waals surface area contributed by atoms with E-state index in [0.29, 0.717) is 11.1 Å². The van der Waals surface area contributed by atoms with Gasteiger partial charge in [-0.2, -0.15) is 0 Å². The second-order valence-corrected chi connectivity index (χ2v) is 4.71. The zero-order chi connectivity index (χ0) is 13.6. The zero-order valence-electron chi connectivity index (χ0n) is 10.0. The summed E-state index contributed by atoms with van der Waals surface area (Å²) >= 11 is 0. The third kappa shape index (κ3) is 1.68. The van der Waals surface area contributed by atoms with E-state index in [1.165, 1.54) is 6.08 Å². The molecule has 94 valence electrons. The Balaban J connectivity index is 2.06. The van der Waals surface area contributed by atoms with Crippen LogP contribution in [0.2, 0.25) is 0 Å². The number of carbonyl (C=O) groups is 4. The molecule has 0 fully saturated rings. The third-order valence-corrected chi connectivity index (χ3v) is 3.52. The average molecular weight is 254 g/mol. The van der Waals surface area contributed by atoms with E-state index in [9.17, 15) is 19.2 Å². The van der Waals surface area contributed by atoms with Crippen LogP contribution in [-0.4, -0.2) is 23.1 Å². The Kier molecular flexibility index (Phi) is 2.52. The van der Waals surface area contributed by atoms with Crippen molar-refractivity contribution in [3.05, 3.63) is 47.0 Å². The smallest absolute Gasteiger partial charge is 0.178 e. The van der Waals surface area contributed by atoms with Crippen LogP contribution in [0.1, 0.15) is 33.6 Å². The Morgan fingerprint density at radius 2 is 1.47 bits per heavy atom. The highest BCUT2D eigenvalue weighted by Gasteiger charge is 2.43. The minimum Gasteiger partial charge on any atom is -0.299 e. The van der Waals surface area contributed by atoms with E-state index in [4.69, 9.17) is 0 Å². The van der Waals surface area contributed by atoms with Crippen LogP contribution in [0, 0.1) is 5.92 Å². The number of rotatable bonds is 1. The first kappa shape index (κ1) is 11.7. The summed E-state index contributed by atoms with van der Waals surface area (Å²) in [5.74, 6) is -2.30. The number of fused-ring (bicyclic) bond motifs is 1. The first-order valence-corrected chi connectivity index (χ1v) is 6.02. The van der Waals surface area contributed by atoms with Gasteiger partial charge in [-0.25, -0.2) is 0 Å². The molecule has 0 spiro atoms. The predicted octanol–water partition coefficient (Wildman–Crippen LogP) is 1.54. The predicted molar refractivity (Wildman–Crippen MR) is 65.9 cm³/mol. The Bertz CT molecular complexity index is 631. The van der Waals surface area contributed by atoms with Crippen molar-refractivity contribution in [2.24, 2.45) is 5.92 Å². The normalized spacial score (nSPS) is 19.7. The summed E-state index contributed by atoms with van der Waals surface area (Å²) in [5, 5.41) is 0. The molecule has 2 aliphatic rings. The molecule has 0 unspecified atom stereocenters. The zero-order valence-corrected chi connectivity index (χ0v) is 10.0. The van der Waals surface area contributed by atoms with Gasteiger partial charge in [-0.15, -0.1) is 0 Å². The number of carbonyl (C=O) groups excluding carboxylic acids is 4. The molecule has 4 nitrogen and oxygen atoms in total. The highest BCUT2D eigenvalue weighted by atomic mass is 16.2. The van der Waals surface area contributed by atoms with Gasteiger partial charge in [0, 0.05) is 23.1 Å². The van der Waals surface area contributed by atoms with Crippen LogP contribution < -0.4 is 0 Å². The molecule has 0 bridgehead atoms. The molecule has 4 heteroatoms. The van der Waals surface area contributed by atoms with E-state index in [2.05, 4.69) is 0 Å². The van der Waals surface area contributed by atoms with Gasteiger partial charge in [-0.3, -0.25) is 19.2 Å². The first-order chi connectivity index (χ1) is 9.09. The van der Waals surface area contributed by atoms with Crippen molar-refractivity contribution in [2.45, 2.75) is 12.8 Å². The third-order valence-electron chi connectivity index (χ3n) is 3.52. The molecule has 2 aliphatic carbocycles. The highest BCUT2D eigenvalue weighted by Crippen LogP contribution is 2.33. The van der Waals surface area contributed by atoms with Crippen molar-refractivity contribution >= 4 is 23.1 Å². The summed E-state index contributed by atoms with van der Waals surface area (Å²) in [7, 11) is 0. The minimum atomic E-state index is -1.04. The van der Waals surface area contributed by atoms with Crippen LogP contribution in [-0.2, 0) is 9.59 Å². The number of Topliss-reactive ketones (excluding diaryl/α,β-unsaturated/α-hetero) is 4. The Morgan fingerprint density at radius 1 is 0.895 bits per heavy atom. The van der Waals surface area contributed by atoms with E-state index in [0.717, 1.165) is 0 Å². The summed E-state index contributed by atoms with van der Waals surface area (Å²) in [6.45, 7) is 0. The molecule has 19 heavy (non-hydrogen) atoms. The van der Waals surface area contributed by atoms with Gasteiger partial charge >= 0.3 is 0 Å². The highest BCUT2D eigenvalue weighted by molar-refractivity contribution is 6.31. The fourth-order valence-corrected chi connectivity index (χ4v) is 2.60. The number of hydrogen-bond acceptors (Lipinski definition) is 4. The van der Waals surface area contributed by atoms with Gasteiger partial charge in [-0.1, -0.05) is 30.3 Å². The number of benzene rings is 1. The van der Waals surface area contributed by atoms with E-state index >= 15 is 0 Å². The molecule has 0 aliphatic heterocycles. The Morgan fingerprint density at radius 3 is 2.00 bits per heavy atom. The molecule has 0 radical (unpaired) electrons. The largest absolute Gasteiger partial charge is 0.299 e. The van der Waals surface area contributed by atoms with Crippen LogP contribution in [0.25, 0.3) is 0 Å². The summed E-state index contributed by atoms with van der Waals surface area (Å²) in [6, 6.07) is 6.56. The van der Waals surface area contributed by atoms with Gasteiger partial charge in [0.25, 0.3) is 0 Å². The summed E-state index contributed by atoms with van der Waals surface area (Å²) < 4.78 is 0. The van der Waals surface area contributed by atoms with Gasteiger partial charge in [0.15, 0.2) is 17.3 Å². The van der Waals surface area contributed by atoms with E-state index < -0.39 is 11.7 Å². The van der Waals surface area contributed by atoms with E-state index in [1.807, 2.05) is 0 Å². The molecule has 0 N–H and O–H groups in total. The molecule has 0 heterocycles. The SMILES string of the molecule is O=C1CC=C(C2C(=O)c3ccccc3C2=O)C(=O)C1. The fraction of sp³-hybridized carbons (Fsp3) is 0.200. The van der Waals surface area contributed by atoms with Crippen LogP contribution in [0.15, 0.2) is 35.9 Å². The fourth-order valence-electron chi connectivity index (χ4n) is 2.60. The van der Waals surface area contributed by atoms with Gasteiger partial charge in [0.2, 0.25) is 0 Å². The van der Waals surface area contributed by atoms with Crippen molar-refractivity contribution in [1.29, 1.82) is 0 Å². The van der Waals surface area contributed by atoms with Crippen LogP contribution in [0.4, 0.5) is 0 Å². The molecule has 0 saturated carbocycles. The molecule has 3 rings (SSSR count). The topological polar surface area (TPSA) is 68.3 Å². The van der Waals surface area contributed by atoms with E-state index in [-0.39, 0.29) is 35.8 Å². The molecule has 0 amide bonds.